The van der Waals surface area contributed by atoms with E-state index >= 15 is 0 Å². The van der Waals surface area contributed by atoms with Crippen LogP contribution in [0.15, 0.2) is 34.7 Å². The first kappa shape index (κ1) is 17.4. The normalized spacial score (nSPS) is 10.7. The summed E-state index contributed by atoms with van der Waals surface area (Å²) in [6.45, 7) is 5.39. The molecule has 0 aliphatic carbocycles. The van der Waals surface area contributed by atoms with E-state index in [1.54, 1.807) is 18.2 Å². The van der Waals surface area contributed by atoms with E-state index in [0.29, 0.717) is 22.2 Å². The van der Waals surface area contributed by atoms with Gasteiger partial charge in [-0.2, -0.15) is 0 Å². The van der Waals surface area contributed by atoms with Crippen LogP contribution in [0.25, 0.3) is 22.6 Å². The summed E-state index contributed by atoms with van der Waals surface area (Å²) < 4.78 is 5.92. The van der Waals surface area contributed by atoms with Gasteiger partial charge in [0.15, 0.2) is 10.7 Å². The van der Waals surface area contributed by atoms with E-state index in [1.165, 1.54) is 6.92 Å². The standard InChI is InChI=1S/C18H16ClN3O2S/c1-9-6-10(2)16-15(7-9)22-17(24-16)13-8-12(4-5-14(13)19)21-18(25)20-11(3)23/h4-8H,1-3H3,(H2,20,21,23,25). The van der Waals surface area contributed by atoms with Gasteiger partial charge < -0.3 is 15.1 Å². The number of carbonyl (C=O) groups excluding carboxylic acids is 1. The zero-order valence-electron chi connectivity index (χ0n) is 13.9. The second kappa shape index (κ2) is 6.82. The van der Waals surface area contributed by atoms with Crippen LogP contribution in [0.4, 0.5) is 5.69 Å². The molecule has 0 aliphatic rings. The van der Waals surface area contributed by atoms with Gasteiger partial charge in [0.1, 0.15) is 5.52 Å². The Morgan fingerprint density at radius 3 is 2.72 bits per heavy atom. The van der Waals surface area contributed by atoms with Crippen LogP contribution in [0.1, 0.15) is 18.1 Å². The summed E-state index contributed by atoms with van der Waals surface area (Å²) in [5.74, 6) is 0.194. The SMILES string of the molecule is CC(=O)NC(=S)Nc1ccc(Cl)c(-c2nc3cc(C)cc(C)c3o2)c1. The lowest BCUT2D eigenvalue weighted by atomic mass is 10.1. The number of benzene rings is 2. The van der Waals surface area contributed by atoms with Crippen molar-refractivity contribution in [1.82, 2.24) is 10.3 Å². The van der Waals surface area contributed by atoms with E-state index in [9.17, 15) is 4.79 Å². The van der Waals surface area contributed by atoms with Crippen LogP contribution >= 0.6 is 23.8 Å². The molecule has 25 heavy (non-hydrogen) atoms. The predicted molar refractivity (Wildman–Crippen MR) is 104 cm³/mol. The lowest BCUT2D eigenvalue weighted by Gasteiger charge is -2.09. The van der Waals surface area contributed by atoms with Gasteiger partial charge in [-0.1, -0.05) is 17.7 Å². The predicted octanol–water partition coefficient (Wildman–Crippen LogP) is 4.60. The van der Waals surface area contributed by atoms with Gasteiger partial charge in [-0.05, 0) is 61.5 Å². The smallest absolute Gasteiger partial charge is 0.228 e. The maximum atomic E-state index is 11.1. The number of hydrogen-bond donors (Lipinski definition) is 2. The zero-order chi connectivity index (χ0) is 18.1. The molecule has 0 bridgehead atoms. The Morgan fingerprint density at radius 2 is 2.00 bits per heavy atom. The summed E-state index contributed by atoms with van der Waals surface area (Å²) in [6, 6.07) is 9.28. The highest BCUT2D eigenvalue weighted by atomic mass is 35.5. The minimum atomic E-state index is -0.239. The Kier molecular flexibility index (Phi) is 4.74. The van der Waals surface area contributed by atoms with Crippen molar-refractivity contribution in [2.24, 2.45) is 0 Å². The van der Waals surface area contributed by atoms with Gasteiger partial charge in [0.05, 0.1) is 10.6 Å². The number of aryl methyl sites for hydroxylation is 2. The van der Waals surface area contributed by atoms with Crippen LogP contribution in [0.2, 0.25) is 5.02 Å². The number of nitrogens with one attached hydrogen (secondary N) is 2. The quantitative estimate of drug-likeness (QED) is 0.642. The number of amides is 1. The lowest BCUT2D eigenvalue weighted by molar-refractivity contribution is -0.117. The molecule has 3 rings (SSSR count). The van der Waals surface area contributed by atoms with Crippen LogP contribution in [0, 0.1) is 13.8 Å². The molecule has 1 aromatic heterocycles. The van der Waals surface area contributed by atoms with Gasteiger partial charge in [0.2, 0.25) is 11.8 Å². The average Bonchev–Trinajstić information content (AvgIpc) is 2.92. The summed E-state index contributed by atoms with van der Waals surface area (Å²) in [7, 11) is 0. The Bertz CT molecular complexity index is 997. The molecule has 0 unspecified atom stereocenters. The molecule has 2 aromatic carbocycles. The molecule has 1 amide bonds. The van der Waals surface area contributed by atoms with Crippen LogP contribution in [-0.2, 0) is 4.79 Å². The first-order valence-corrected chi connectivity index (χ1v) is 8.38. The number of aromatic nitrogens is 1. The van der Waals surface area contributed by atoms with Crippen molar-refractivity contribution in [2.75, 3.05) is 5.32 Å². The molecule has 5 nitrogen and oxygen atoms in total. The molecule has 0 radical (unpaired) electrons. The van der Waals surface area contributed by atoms with Gasteiger partial charge in [-0.15, -0.1) is 0 Å². The van der Waals surface area contributed by atoms with Gasteiger partial charge >= 0.3 is 0 Å². The second-order valence-electron chi connectivity index (χ2n) is 5.78. The minimum absolute atomic E-state index is 0.213. The zero-order valence-corrected chi connectivity index (χ0v) is 15.5. The Hall–Kier alpha value is -2.44. The van der Waals surface area contributed by atoms with Crippen LogP contribution in [0.5, 0.6) is 0 Å². The molecule has 0 saturated heterocycles. The fraction of sp³-hybridized carbons (Fsp3) is 0.167. The minimum Gasteiger partial charge on any atom is -0.436 e. The van der Waals surface area contributed by atoms with Crippen LogP contribution in [-0.4, -0.2) is 16.0 Å². The fourth-order valence-corrected chi connectivity index (χ4v) is 3.04. The molecular formula is C18H16ClN3O2S. The summed E-state index contributed by atoms with van der Waals surface area (Å²) in [5.41, 5.74) is 4.98. The highest BCUT2D eigenvalue weighted by Gasteiger charge is 2.14. The molecule has 2 N–H and O–H groups in total. The number of nitrogens with zero attached hydrogens (tertiary/aromatic N) is 1. The van der Waals surface area contributed by atoms with Gasteiger partial charge in [-0.25, -0.2) is 4.98 Å². The number of carbonyl (C=O) groups is 1. The maximum Gasteiger partial charge on any atom is 0.228 e. The fourth-order valence-electron chi connectivity index (χ4n) is 2.58. The van der Waals surface area contributed by atoms with E-state index in [2.05, 4.69) is 15.6 Å². The van der Waals surface area contributed by atoms with Gasteiger partial charge in [-0.3, -0.25) is 4.79 Å². The number of fused-ring (bicyclic) bond motifs is 1. The molecule has 7 heteroatoms. The highest BCUT2D eigenvalue weighted by Crippen LogP contribution is 2.33. The molecule has 0 fully saturated rings. The lowest BCUT2D eigenvalue weighted by Crippen LogP contribution is -2.32. The van der Waals surface area contributed by atoms with Gasteiger partial charge in [0, 0.05) is 12.6 Å². The molecule has 128 valence electrons. The third-order valence-electron chi connectivity index (χ3n) is 3.56. The summed E-state index contributed by atoms with van der Waals surface area (Å²) in [6.07, 6.45) is 0. The van der Waals surface area contributed by atoms with E-state index in [1.807, 2.05) is 26.0 Å². The number of hydrogen-bond acceptors (Lipinski definition) is 4. The molecule has 0 atom stereocenters. The first-order valence-electron chi connectivity index (χ1n) is 7.60. The number of anilines is 1. The Balaban J connectivity index is 1.99. The van der Waals surface area contributed by atoms with Crippen LogP contribution < -0.4 is 10.6 Å². The summed E-state index contributed by atoms with van der Waals surface area (Å²) >= 11 is 11.4. The topological polar surface area (TPSA) is 67.2 Å². The number of halogens is 1. The molecule has 0 saturated carbocycles. The molecule has 3 aromatic rings. The van der Waals surface area contributed by atoms with Crippen molar-refractivity contribution in [3.8, 4) is 11.5 Å². The summed E-state index contributed by atoms with van der Waals surface area (Å²) in [4.78, 5) is 15.6. The molecular weight excluding hydrogens is 358 g/mol. The summed E-state index contributed by atoms with van der Waals surface area (Å²) in [5, 5.41) is 6.17. The maximum absolute atomic E-state index is 11.1. The monoisotopic (exact) mass is 373 g/mol. The third-order valence-corrected chi connectivity index (χ3v) is 4.10. The van der Waals surface area contributed by atoms with E-state index in [0.717, 1.165) is 22.2 Å². The van der Waals surface area contributed by atoms with Crippen molar-refractivity contribution in [1.29, 1.82) is 0 Å². The number of thiocarbonyl (C=S) groups is 1. The molecule has 1 heterocycles. The highest BCUT2D eigenvalue weighted by molar-refractivity contribution is 7.80. The van der Waals surface area contributed by atoms with Gasteiger partial charge in [0.25, 0.3) is 0 Å². The van der Waals surface area contributed by atoms with Crippen molar-refractivity contribution < 1.29 is 9.21 Å². The number of oxazole rings is 1. The first-order chi connectivity index (χ1) is 11.8. The Morgan fingerprint density at radius 1 is 1.24 bits per heavy atom. The van der Waals surface area contributed by atoms with E-state index in [-0.39, 0.29) is 11.0 Å². The van der Waals surface area contributed by atoms with Crippen molar-refractivity contribution in [2.45, 2.75) is 20.8 Å². The van der Waals surface area contributed by atoms with E-state index in [4.69, 9.17) is 28.2 Å². The number of rotatable bonds is 2. The Labute approximate surface area is 155 Å². The second-order valence-corrected chi connectivity index (χ2v) is 6.59. The average molecular weight is 374 g/mol. The van der Waals surface area contributed by atoms with Crippen LogP contribution in [0.3, 0.4) is 0 Å². The van der Waals surface area contributed by atoms with Crippen molar-refractivity contribution >= 4 is 51.6 Å². The third kappa shape index (κ3) is 3.81. The van der Waals surface area contributed by atoms with E-state index < -0.39 is 0 Å². The largest absolute Gasteiger partial charge is 0.436 e. The molecule has 0 aliphatic heterocycles. The molecule has 0 spiro atoms. The van der Waals surface area contributed by atoms with Crippen molar-refractivity contribution in [3.05, 3.63) is 46.5 Å². The van der Waals surface area contributed by atoms with Crippen molar-refractivity contribution in [3.63, 3.8) is 0 Å².